The molecule has 0 spiro atoms. The molecule has 0 radical (unpaired) electrons. The van der Waals surface area contributed by atoms with Crippen molar-refractivity contribution in [3.05, 3.63) is 22.9 Å². The van der Waals surface area contributed by atoms with Gasteiger partial charge in [-0.1, -0.05) is 18.5 Å². The summed E-state index contributed by atoms with van der Waals surface area (Å²) in [6.07, 6.45) is 4.93. The maximum atomic E-state index is 12.5. The van der Waals surface area contributed by atoms with E-state index in [9.17, 15) is 9.59 Å². The van der Waals surface area contributed by atoms with E-state index in [0.717, 1.165) is 26.1 Å². The van der Waals surface area contributed by atoms with Crippen LogP contribution in [0.2, 0.25) is 0 Å². The zero-order chi connectivity index (χ0) is 16.7. The summed E-state index contributed by atoms with van der Waals surface area (Å²) in [4.78, 5) is 30.2. The Labute approximate surface area is 142 Å². The third-order valence-corrected chi connectivity index (χ3v) is 4.68. The van der Waals surface area contributed by atoms with Gasteiger partial charge >= 0.3 is 0 Å². The number of halogens is 1. The second-order valence-corrected chi connectivity index (χ2v) is 6.20. The van der Waals surface area contributed by atoms with Crippen LogP contribution in [0.15, 0.2) is 22.9 Å². The normalized spacial score (nSPS) is 23.6. The molecular formula is C17H24ClNO4. The van der Waals surface area contributed by atoms with Gasteiger partial charge in [-0.05, 0) is 37.2 Å². The van der Waals surface area contributed by atoms with Gasteiger partial charge in [-0.3, -0.25) is 19.9 Å². The first-order valence-corrected chi connectivity index (χ1v) is 8.61. The molecule has 23 heavy (non-hydrogen) atoms. The molecule has 0 aromatic carbocycles. The lowest BCUT2D eigenvalue weighted by Gasteiger charge is -2.32. The fraction of sp³-hybridized carbons (Fsp3) is 0.647. The van der Waals surface area contributed by atoms with Gasteiger partial charge in [0.2, 0.25) is 0 Å². The summed E-state index contributed by atoms with van der Waals surface area (Å²) >= 11 is 5.42. The van der Waals surface area contributed by atoms with Crippen molar-refractivity contribution < 1.29 is 19.2 Å². The van der Waals surface area contributed by atoms with Crippen molar-refractivity contribution in [2.45, 2.75) is 39.0 Å². The van der Waals surface area contributed by atoms with Crippen molar-refractivity contribution in [1.29, 1.82) is 0 Å². The largest absolute Gasteiger partial charge is 0.381 e. The van der Waals surface area contributed by atoms with Crippen molar-refractivity contribution in [2.24, 2.45) is 11.8 Å². The first kappa shape index (κ1) is 18.2. The Morgan fingerprint density at radius 1 is 1.26 bits per heavy atom. The van der Waals surface area contributed by atoms with E-state index >= 15 is 0 Å². The molecule has 0 atom stereocenters. The molecule has 1 heterocycles. The lowest BCUT2D eigenvalue weighted by molar-refractivity contribution is -0.127. The Hall–Kier alpha value is -1.17. The zero-order valence-corrected chi connectivity index (χ0v) is 14.2. The molecule has 0 unspecified atom stereocenters. The topological polar surface area (TPSA) is 64.6 Å². The summed E-state index contributed by atoms with van der Waals surface area (Å²) in [5, 5.41) is 0. The van der Waals surface area contributed by atoms with Crippen molar-refractivity contribution in [1.82, 2.24) is 5.48 Å². The lowest BCUT2D eigenvalue weighted by Crippen LogP contribution is -2.35. The summed E-state index contributed by atoms with van der Waals surface area (Å²) in [6.45, 7) is 3.63. The number of Topliss-reactive ketones (excluding diaryl/α,β-unsaturated/α-hetero) is 2. The van der Waals surface area contributed by atoms with Crippen LogP contribution in [0.3, 0.4) is 0 Å². The molecule has 0 amide bonds. The summed E-state index contributed by atoms with van der Waals surface area (Å²) in [5.41, 5.74) is 4.94. The smallest absolute Gasteiger partial charge is 0.168 e. The van der Waals surface area contributed by atoms with Crippen molar-refractivity contribution in [3.63, 3.8) is 0 Å². The number of carbonyl (C=O) groups excluding carboxylic acids is 2. The molecule has 1 saturated heterocycles. The summed E-state index contributed by atoms with van der Waals surface area (Å²) in [7, 11) is 0. The van der Waals surface area contributed by atoms with Gasteiger partial charge in [0, 0.05) is 31.6 Å². The average Bonchev–Trinajstić information content (AvgIpc) is 2.57. The Morgan fingerprint density at radius 2 is 1.91 bits per heavy atom. The van der Waals surface area contributed by atoms with E-state index in [4.69, 9.17) is 21.2 Å². The SMILES string of the molecule is CCC(NOCC=CCl)=C1C(=O)CC(C2CCOCC2)CC1=O. The fourth-order valence-electron chi connectivity index (χ4n) is 3.28. The van der Waals surface area contributed by atoms with Crippen LogP contribution in [-0.2, 0) is 19.2 Å². The highest BCUT2D eigenvalue weighted by atomic mass is 35.5. The molecule has 2 rings (SSSR count). The number of hydroxylamine groups is 1. The molecular weight excluding hydrogens is 318 g/mol. The number of ether oxygens (including phenoxy) is 1. The second kappa shape index (κ2) is 9.21. The quantitative estimate of drug-likeness (QED) is 0.348. The van der Waals surface area contributed by atoms with Crippen LogP contribution in [0, 0.1) is 11.8 Å². The number of carbonyl (C=O) groups is 2. The van der Waals surface area contributed by atoms with Gasteiger partial charge in [0.1, 0.15) is 0 Å². The van der Waals surface area contributed by atoms with Crippen LogP contribution in [-0.4, -0.2) is 31.4 Å². The summed E-state index contributed by atoms with van der Waals surface area (Å²) < 4.78 is 5.36. The van der Waals surface area contributed by atoms with E-state index in [1.165, 1.54) is 5.54 Å². The second-order valence-electron chi connectivity index (χ2n) is 5.95. The van der Waals surface area contributed by atoms with Crippen LogP contribution >= 0.6 is 11.6 Å². The molecule has 2 aliphatic rings. The van der Waals surface area contributed by atoms with Gasteiger partial charge < -0.3 is 4.74 Å². The predicted molar refractivity (Wildman–Crippen MR) is 87.7 cm³/mol. The van der Waals surface area contributed by atoms with Crippen LogP contribution in [0.5, 0.6) is 0 Å². The van der Waals surface area contributed by atoms with E-state index < -0.39 is 0 Å². The maximum Gasteiger partial charge on any atom is 0.168 e. The van der Waals surface area contributed by atoms with Gasteiger partial charge in [0.25, 0.3) is 0 Å². The molecule has 1 saturated carbocycles. The molecule has 1 aliphatic carbocycles. The van der Waals surface area contributed by atoms with E-state index in [0.29, 0.717) is 30.9 Å². The molecule has 0 bridgehead atoms. The van der Waals surface area contributed by atoms with Gasteiger partial charge in [-0.15, -0.1) is 0 Å². The van der Waals surface area contributed by atoms with Crippen LogP contribution in [0.25, 0.3) is 0 Å². The van der Waals surface area contributed by atoms with Crippen molar-refractivity contribution in [2.75, 3.05) is 19.8 Å². The first-order valence-electron chi connectivity index (χ1n) is 8.17. The number of nitrogens with one attached hydrogen (secondary N) is 1. The number of allylic oxidation sites excluding steroid dienone is 2. The minimum absolute atomic E-state index is 0.0708. The van der Waals surface area contributed by atoms with Crippen molar-refractivity contribution >= 4 is 23.2 Å². The number of ketones is 2. The van der Waals surface area contributed by atoms with Crippen LogP contribution in [0.1, 0.15) is 39.0 Å². The number of rotatable bonds is 6. The molecule has 1 N–H and O–H groups in total. The van der Waals surface area contributed by atoms with E-state index in [1.54, 1.807) is 6.08 Å². The molecule has 1 aliphatic heterocycles. The molecule has 6 heteroatoms. The van der Waals surface area contributed by atoms with E-state index in [2.05, 4.69) is 5.48 Å². The Bertz CT molecular complexity index is 475. The average molecular weight is 342 g/mol. The number of hydrogen-bond acceptors (Lipinski definition) is 5. The third kappa shape index (κ3) is 4.90. The summed E-state index contributed by atoms with van der Waals surface area (Å²) in [5.74, 6) is 0.430. The van der Waals surface area contributed by atoms with Gasteiger partial charge in [0.05, 0.1) is 17.9 Å². The van der Waals surface area contributed by atoms with Gasteiger partial charge in [-0.25, -0.2) is 0 Å². The molecule has 0 aromatic rings. The standard InChI is InChI=1S/C17H24ClNO4/c1-2-14(19-23-7-3-6-18)17-15(20)10-13(11-16(17)21)12-4-8-22-9-5-12/h3,6,12-13,19H,2,4-5,7-11H2,1H3. The third-order valence-electron chi connectivity index (χ3n) is 4.50. The minimum Gasteiger partial charge on any atom is -0.381 e. The van der Waals surface area contributed by atoms with Crippen LogP contribution in [0.4, 0.5) is 0 Å². The predicted octanol–water partition coefficient (Wildman–Crippen LogP) is 2.90. The molecule has 5 nitrogen and oxygen atoms in total. The Balaban J connectivity index is 2.03. The van der Waals surface area contributed by atoms with Gasteiger partial charge in [0.15, 0.2) is 11.6 Å². The van der Waals surface area contributed by atoms with Crippen molar-refractivity contribution in [3.8, 4) is 0 Å². The Morgan fingerprint density at radius 3 is 2.48 bits per heavy atom. The molecule has 0 aromatic heterocycles. The monoisotopic (exact) mass is 341 g/mol. The first-order chi connectivity index (χ1) is 11.2. The van der Waals surface area contributed by atoms with E-state index in [-0.39, 0.29) is 29.7 Å². The highest BCUT2D eigenvalue weighted by Crippen LogP contribution is 2.35. The molecule has 2 fully saturated rings. The Kier molecular flexibility index (Phi) is 7.27. The fourth-order valence-corrected chi connectivity index (χ4v) is 3.35. The molecule has 128 valence electrons. The maximum absolute atomic E-state index is 12.5. The zero-order valence-electron chi connectivity index (χ0n) is 13.5. The highest BCUT2D eigenvalue weighted by Gasteiger charge is 2.36. The van der Waals surface area contributed by atoms with Crippen LogP contribution < -0.4 is 5.48 Å². The summed E-state index contributed by atoms with van der Waals surface area (Å²) in [6, 6.07) is 0. The minimum atomic E-state index is -0.0708. The number of hydrogen-bond donors (Lipinski definition) is 1. The highest BCUT2D eigenvalue weighted by molar-refractivity contribution is 6.25. The lowest BCUT2D eigenvalue weighted by atomic mass is 9.73. The van der Waals surface area contributed by atoms with Gasteiger partial charge in [-0.2, -0.15) is 0 Å². The van der Waals surface area contributed by atoms with E-state index in [1.807, 2.05) is 6.92 Å².